The molecule has 5 aliphatic carbocycles. The second kappa shape index (κ2) is 14.5. The number of ketones is 2. The van der Waals surface area contributed by atoms with Gasteiger partial charge in [0.15, 0.2) is 11.4 Å². The summed E-state index contributed by atoms with van der Waals surface area (Å²) in [6.45, 7) is 19.5. The lowest BCUT2D eigenvalue weighted by Crippen LogP contribution is -2.24. The summed E-state index contributed by atoms with van der Waals surface area (Å²) >= 11 is 0. The Labute approximate surface area is 283 Å². The van der Waals surface area contributed by atoms with Crippen molar-refractivity contribution in [3.05, 3.63) is 81.0 Å². The summed E-state index contributed by atoms with van der Waals surface area (Å²) in [5.74, 6) is 2.47. The molecule has 5 aliphatic rings. The van der Waals surface area contributed by atoms with Gasteiger partial charge < -0.3 is 0 Å². The first kappa shape index (κ1) is 33.7. The van der Waals surface area contributed by atoms with Crippen LogP contribution in [0.4, 0.5) is 11.4 Å². The van der Waals surface area contributed by atoms with Crippen molar-refractivity contribution in [2.45, 2.75) is 160 Å². The highest BCUT2D eigenvalue weighted by Gasteiger charge is 2.34. The third kappa shape index (κ3) is 9.02. The number of hydrogen-bond donors (Lipinski definition) is 0. The zero-order valence-electron chi connectivity index (χ0n) is 29.0. The molecular weight excluding hydrogens is 576 g/mol. The van der Waals surface area contributed by atoms with Crippen LogP contribution in [0.2, 0.25) is 0 Å². The molecule has 7 rings (SSSR count). The monoisotopic (exact) mass is 630 g/mol. The molecule has 4 heteroatoms. The number of hydrogen-bond acceptors (Lipinski definition) is 2. The van der Waals surface area contributed by atoms with Gasteiger partial charge in [-0.1, -0.05) is 82.7 Å². The Hall–Kier alpha value is -3.24. The molecule has 2 aromatic carbocycles. The molecule has 0 aliphatic heterocycles. The van der Waals surface area contributed by atoms with E-state index >= 15 is 0 Å². The predicted molar refractivity (Wildman–Crippen MR) is 190 cm³/mol. The Bertz CT molecular complexity index is 1510. The van der Waals surface area contributed by atoms with Gasteiger partial charge in [0.1, 0.15) is 11.6 Å². The van der Waals surface area contributed by atoms with Crippen molar-refractivity contribution in [3.63, 3.8) is 0 Å². The van der Waals surface area contributed by atoms with Crippen molar-refractivity contribution in [2.75, 3.05) is 0 Å². The van der Waals surface area contributed by atoms with Gasteiger partial charge in [-0.3, -0.25) is 9.59 Å². The first-order valence-corrected chi connectivity index (χ1v) is 18.8. The quantitative estimate of drug-likeness (QED) is 0.232. The van der Waals surface area contributed by atoms with E-state index in [4.69, 9.17) is 13.1 Å². The Morgan fingerprint density at radius 1 is 0.617 bits per heavy atom. The molecule has 0 radical (unpaired) electrons. The van der Waals surface area contributed by atoms with Gasteiger partial charge in [0.25, 0.3) is 0 Å². The maximum atomic E-state index is 12.8. The molecule has 4 nitrogen and oxygen atoms in total. The average Bonchev–Trinajstić information content (AvgIpc) is 3.88. The van der Waals surface area contributed by atoms with Crippen LogP contribution in [0.25, 0.3) is 9.69 Å². The maximum Gasteiger partial charge on any atom is 0.194 e. The Morgan fingerprint density at radius 2 is 1.04 bits per heavy atom. The fourth-order valence-corrected chi connectivity index (χ4v) is 8.62. The fourth-order valence-electron chi connectivity index (χ4n) is 8.62. The van der Waals surface area contributed by atoms with Crippen LogP contribution in [0.1, 0.15) is 175 Å². The van der Waals surface area contributed by atoms with Gasteiger partial charge in [0.05, 0.1) is 13.1 Å². The molecule has 2 aromatic rings. The van der Waals surface area contributed by atoms with Crippen LogP contribution in [-0.2, 0) is 22.4 Å². The van der Waals surface area contributed by atoms with E-state index in [9.17, 15) is 9.59 Å². The van der Waals surface area contributed by atoms with Crippen LogP contribution < -0.4 is 0 Å². The molecular formula is C43H54N2O2. The summed E-state index contributed by atoms with van der Waals surface area (Å²) in [4.78, 5) is 32.8. The molecule has 47 heavy (non-hydrogen) atoms. The van der Waals surface area contributed by atoms with Crippen molar-refractivity contribution in [1.29, 1.82) is 0 Å². The number of benzene rings is 2. The van der Waals surface area contributed by atoms with Crippen molar-refractivity contribution in [3.8, 4) is 0 Å². The zero-order valence-corrected chi connectivity index (χ0v) is 29.0. The van der Waals surface area contributed by atoms with Gasteiger partial charge in [-0.05, 0) is 121 Å². The van der Waals surface area contributed by atoms with Crippen molar-refractivity contribution < 1.29 is 9.59 Å². The van der Waals surface area contributed by atoms with E-state index in [1.165, 1.54) is 125 Å². The molecule has 0 unspecified atom stereocenters. The van der Waals surface area contributed by atoms with Crippen molar-refractivity contribution >= 4 is 22.9 Å². The fraction of sp³-hybridized carbons (Fsp3) is 0.628. The van der Waals surface area contributed by atoms with E-state index in [1.807, 2.05) is 12.1 Å². The van der Waals surface area contributed by atoms with E-state index < -0.39 is 0 Å². The number of Topliss-reactive ketones (excluding diaryl/α,β-unsaturated/α-hetero) is 2. The molecule has 0 saturated heterocycles. The van der Waals surface area contributed by atoms with E-state index in [0.717, 1.165) is 29.8 Å². The topological polar surface area (TPSA) is 42.9 Å². The molecule has 5 saturated carbocycles. The number of rotatable bonds is 11. The van der Waals surface area contributed by atoms with Gasteiger partial charge >= 0.3 is 0 Å². The smallest absolute Gasteiger partial charge is 0.194 e. The van der Waals surface area contributed by atoms with Crippen LogP contribution in [-0.4, -0.2) is 11.6 Å². The van der Waals surface area contributed by atoms with E-state index in [1.54, 1.807) is 0 Å². The number of carbonyl (C=O) groups is 2. The summed E-state index contributed by atoms with van der Waals surface area (Å²) in [7, 11) is 0. The minimum absolute atomic E-state index is 0.227. The minimum atomic E-state index is 0.227. The molecule has 5 fully saturated rings. The third-order valence-corrected chi connectivity index (χ3v) is 11.8. The Kier molecular flexibility index (Phi) is 10.4. The van der Waals surface area contributed by atoms with Crippen LogP contribution in [0.5, 0.6) is 0 Å². The molecule has 0 amide bonds. The van der Waals surface area contributed by atoms with Crippen LogP contribution in [0.15, 0.2) is 30.3 Å². The first-order chi connectivity index (χ1) is 22.7. The normalized spacial score (nSPS) is 21.4. The summed E-state index contributed by atoms with van der Waals surface area (Å²) in [5.41, 5.74) is 8.06. The van der Waals surface area contributed by atoms with Crippen molar-refractivity contribution in [1.82, 2.24) is 0 Å². The molecule has 0 spiro atoms. The SMILES string of the molecule is [C-]#[N+]c1c(C2CC2)cc(CC(=O)CC2(C)CCCCC2)cc1C1CC1.[C-]#[N+]c1ccc(CC(=O)CC2(C)CCCCC2)cc1C1CC1. The maximum absolute atomic E-state index is 12.8. The number of carbonyl (C=O) groups excluding carboxylic acids is 2. The zero-order chi connectivity index (χ0) is 33.0. The minimum Gasteiger partial charge on any atom is -0.299 e. The van der Waals surface area contributed by atoms with E-state index in [2.05, 4.69) is 41.7 Å². The van der Waals surface area contributed by atoms with Crippen LogP contribution in [0, 0.1) is 24.0 Å². The predicted octanol–water partition coefficient (Wildman–Crippen LogP) is 12.1. The highest BCUT2D eigenvalue weighted by molar-refractivity contribution is 5.82. The Morgan fingerprint density at radius 3 is 1.47 bits per heavy atom. The van der Waals surface area contributed by atoms with E-state index in [-0.39, 0.29) is 10.8 Å². The van der Waals surface area contributed by atoms with E-state index in [0.29, 0.717) is 42.2 Å². The van der Waals surface area contributed by atoms with Gasteiger partial charge in [0.2, 0.25) is 0 Å². The molecule has 0 bridgehead atoms. The lowest BCUT2D eigenvalue weighted by atomic mass is 9.72. The average molecular weight is 631 g/mol. The second-order valence-electron chi connectivity index (χ2n) is 16.6. The summed E-state index contributed by atoms with van der Waals surface area (Å²) in [5, 5.41) is 0. The lowest BCUT2D eigenvalue weighted by molar-refractivity contribution is -0.121. The highest BCUT2D eigenvalue weighted by Crippen LogP contribution is 2.52. The standard InChI is InChI=1S/C23H29NO.C20H25NO/c1-23(10-4-3-5-11-23)15-19(25)12-16-13-20(17-6-7-17)22(24-2)21(14-16)18-8-9-18;1-20(10-4-3-5-11-20)14-17(22)12-15-6-9-19(21-2)18(13-15)16-7-8-16/h13-14,17-18H,3-12,15H2,1H3;6,9,13,16H,3-5,7-8,10-12,14H2,1H3. The highest BCUT2D eigenvalue weighted by atomic mass is 16.1. The molecule has 0 N–H and O–H groups in total. The first-order valence-electron chi connectivity index (χ1n) is 18.8. The van der Waals surface area contributed by atoms with Gasteiger partial charge in [0, 0.05) is 25.7 Å². The molecule has 248 valence electrons. The molecule has 0 aromatic heterocycles. The van der Waals surface area contributed by atoms with Crippen LogP contribution >= 0.6 is 0 Å². The van der Waals surface area contributed by atoms with Crippen LogP contribution in [0.3, 0.4) is 0 Å². The molecule has 0 atom stereocenters. The van der Waals surface area contributed by atoms with Crippen molar-refractivity contribution in [2.24, 2.45) is 10.8 Å². The summed E-state index contributed by atoms with van der Waals surface area (Å²) < 4.78 is 0. The second-order valence-corrected chi connectivity index (χ2v) is 16.6. The largest absolute Gasteiger partial charge is 0.299 e. The summed E-state index contributed by atoms with van der Waals surface area (Å²) in [6.07, 6.45) is 22.3. The van der Waals surface area contributed by atoms with Gasteiger partial charge in [-0.15, -0.1) is 0 Å². The molecule has 0 heterocycles. The van der Waals surface area contributed by atoms with Gasteiger partial charge in [-0.2, -0.15) is 0 Å². The lowest BCUT2D eigenvalue weighted by Gasteiger charge is -2.33. The summed E-state index contributed by atoms with van der Waals surface area (Å²) in [6, 6.07) is 10.4. The number of nitrogens with zero attached hydrogens (tertiary/aromatic N) is 2. The Balaban J connectivity index is 0.000000166. The third-order valence-electron chi connectivity index (χ3n) is 11.8. The van der Waals surface area contributed by atoms with Gasteiger partial charge in [-0.25, -0.2) is 9.69 Å².